The molecule has 154 valence electrons. The van der Waals surface area contributed by atoms with Crippen LogP contribution in [-0.2, 0) is 6.54 Å². The van der Waals surface area contributed by atoms with Crippen molar-refractivity contribution in [2.75, 3.05) is 31.1 Å². The molecule has 0 bridgehead atoms. The summed E-state index contributed by atoms with van der Waals surface area (Å²) in [6.45, 7) is 7.11. The standard InChI is InChI=1S/C26H29N3O/c1-21(23-8-4-2-5-9-23)27-26(30)24-14-12-22(13-15-24)20-28-16-18-29(19-17-28)25-10-6-3-7-11-25/h2-15,21H,16-20H2,1H3,(H,27,30)/t21-/m0/s1. The van der Waals surface area contributed by atoms with Gasteiger partial charge in [0.1, 0.15) is 0 Å². The van der Waals surface area contributed by atoms with E-state index in [4.69, 9.17) is 0 Å². The lowest BCUT2D eigenvalue weighted by molar-refractivity contribution is 0.0940. The summed E-state index contributed by atoms with van der Waals surface area (Å²) >= 11 is 0. The van der Waals surface area contributed by atoms with Crippen molar-refractivity contribution in [1.82, 2.24) is 10.2 Å². The second-order valence-electron chi connectivity index (χ2n) is 7.90. The van der Waals surface area contributed by atoms with E-state index in [1.807, 2.05) is 49.4 Å². The number of rotatable bonds is 6. The Labute approximate surface area is 179 Å². The Kier molecular flexibility index (Phi) is 6.45. The van der Waals surface area contributed by atoms with Gasteiger partial charge in [0, 0.05) is 44.0 Å². The van der Waals surface area contributed by atoms with Crippen molar-refractivity contribution in [3.63, 3.8) is 0 Å². The van der Waals surface area contributed by atoms with Crippen molar-refractivity contribution in [2.45, 2.75) is 19.5 Å². The molecular weight excluding hydrogens is 370 g/mol. The van der Waals surface area contributed by atoms with E-state index in [0.29, 0.717) is 5.56 Å². The first-order valence-corrected chi connectivity index (χ1v) is 10.7. The van der Waals surface area contributed by atoms with Crippen molar-refractivity contribution >= 4 is 11.6 Å². The highest BCUT2D eigenvalue weighted by Gasteiger charge is 2.17. The third kappa shape index (κ3) is 5.08. The van der Waals surface area contributed by atoms with Crippen LogP contribution in [0.5, 0.6) is 0 Å². The molecule has 1 amide bonds. The van der Waals surface area contributed by atoms with Gasteiger partial charge in [0.15, 0.2) is 0 Å². The summed E-state index contributed by atoms with van der Waals surface area (Å²) < 4.78 is 0. The number of nitrogens with zero attached hydrogens (tertiary/aromatic N) is 2. The maximum absolute atomic E-state index is 12.6. The summed E-state index contributed by atoms with van der Waals surface area (Å²) in [6, 6.07) is 28.7. The number of piperazine rings is 1. The number of anilines is 1. The molecule has 0 aromatic heterocycles. The summed E-state index contributed by atoms with van der Waals surface area (Å²) in [4.78, 5) is 17.5. The number of nitrogens with one attached hydrogen (secondary N) is 1. The summed E-state index contributed by atoms with van der Waals surface area (Å²) in [5.41, 5.74) is 4.36. The average molecular weight is 400 g/mol. The highest BCUT2D eigenvalue weighted by atomic mass is 16.1. The third-order valence-electron chi connectivity index (χ3n) is 5.76. The zero-order valence-corrected chi connectivity index (χ0v) is 17.5. The highest BCUT2D eigenvalue weighted by Crippen LogP contribution is 2.17. The number of carbonyl (C=O) groups excluding carboxylic acids is 1. The van der Waals surface area contributed by atoms with E-state index in [9.17, 15) is 4.79 Å². The molecule has 0 saturated carbocycles. The van der Waals surface area contributed by atoms with Gasteiger partial charge < -0.3 is 10.2 Å². The van der Waals surface area contributed by atoms with Gasteiger partial charge >= 0.3 is 0 Å². The van der Waals surface area contributed by atoms with Gasteiger partial charge in [0.2, 0.25) is 0 Å². The largest absolute Gasteiger partial charge is 0.369 e. The summed E-state index contributed by atoms with van der Waals surface area (Å²) in [7, 11) is 0. The Morgan fingerprint density at radius 3 is 2.07 bits per heavy atom. The molecule has 3 aromatic carbocycles. The fourth-order valence-corrected chi connectivity index (χ4v) is 3.93. The van der Waals surface area contributed by atoms with E-state index in [1.165, 1.54) is 11.3 Å². The van der Waals surface area contributed by atoms with E-state index in [-0.39, 0.29) is 11.9 Å². The normalized spacial score (nSPS) is 15.6. The van der Waals surface area contributed by atoms with Crippen LogP contribution >= 0.6 is 0 Å². The molecule has 1 saturated heterocycles. The number of para-hydroxylation sites is 1. The van der Waals surface area contributed by atoms with E-state index >= 15 is 0 Å². The first-order chi connectivity index (χ1) is 14.7. The summed E-state index contributed by atoms with van der Waals surface area (Å²) in [5, 5.41) is 3.08. The summed E-state index contributed by atoms with van der Waals surface area (Å²) in [6.07, 6.45) is 0. The third-order valence-corrected chi connectivity index (χ3v) is 5.76. The van der Waals surface area contributed by atoms with Crippen LogP contribution in [0.4, 0.5) is 5.69 Å². The molecule has 0 unspecified atom stereocenters. The molecular formula is C26H29N3O. The van der Waals surface area contributed by atoms with Crippen LogP contribution in [0.2, 0.25) is 0 Å². The highest BCUT2D eigenvalue weighted by molar-refractivity contribution is 5.94. The number of hydrogen-bond acceptors (Lipinski definition) is 3. The Morgan fingerprint density at radius 1 is 0.833 bits per heavy atom. The van der Waals surface area contributed by atoms with Crippen molar-refractivity contribution in [1.29, 1.82) is 0 Å². The Balaban J connectivity index is 1.28. The van der Waals surface area contributed by atoms with E-state index in [0.717, 1.165) is 38.3 Å². The maximum Gasteiger partial charge on any atom is 0.251 e. The zero-order valence-electron chi connectivity index (χ0n) is 17.5. The van der Waals surface area contributed by atoms with Crippen molar-refractivity contribution in [2.24, 2.45) is 0 Å². The lowest BCUT2D eigenvalue weighted by atomic mass is 10.1. The monoisotopic (exact) mass is 399 g/mol. The van der Waals surface area contributed by atoms with Gasteiger partial charge in [-0.15, -0.1) is 0 Å². The van der Waals surface area contributed by atoms with Crippen LogP contribution in [0, 0.1) is 0 Å². The Morgan fingerprint density at radius 2 is 1.43 bits per heavy atom. The minimum Gasteiger partial charge on any atom is -0.369 e. The average Bonchev–Trinajstić information content (AvgIpc) is 2.81. The van der Waals surface area contributed by atoms with Gasteiger partial charge in [-0.2, -0.15) is 0 Å². The van der Waals surface area contributed by atoms with Crippen LogP contribution in [0.3, 0.4) is 0 Å². The summed E-state index contributed by atoms with van der Waals surface area (Å²) in [5.74, 6) is -0.0330. The van der Waals surface area contributed by atoms with Crippen molar-refractivity contribution in [3.8, 4) is 0 Å². The van der Waals surface area contributed by atoms with Gasteiger partial charge in [0.25, 0.3) is 5.91 Å². The fraction of sp³-hybridized carbons (Fsp3) is 0.269. The van der Waals surface area contributed by atoms with Gasteiger partial charge in [-0.25, -0.2) is 0 Å². The number of amides is 1. The minimum absolute atomic E-state index is 0.0145. The Hall–Kier alpha value is -3.11. The second kappa shape index (κ2) is 9.59. The van der Waals surface area contributed by atoms with E-state index < -0.39 is 0 Å². The molecule has 4 heteroatoms. The SMILES string of the molecule is C[C@H](NC(=O)c1ccc(CN2CCN(c3ccccc3)CC2)cc1)c1ccccc1. The fourth-order valence-electron chi connectivity index (χ4n) is 3.93. The molecule has 1 N–H and O–H groups in total. The molecule has 0 aliphatic carbocycles. The molecule has 1 aliphatic heterocycles. The van der Waals surface area contributed by atoms with Gasteiger partial charge in [0.05, 0.1) is 6.04 Å². The molecule has 4 rings (SSSR count). The molecule has 1 aliphatic rings. The van der Waals surface area contributed by atoms with Crippen molar-refractivity contribution < 1.29 is 4.79 Å². The van der Waals surface area contributed by atoms with E-state index in [2.05, 4.69) is 57.6 Å². The molecule has 30 heavy (non-hydrogen) atoms. The molecule has 1 heterocycles. The van der Waals surface area contributed by atoms with Crippen LogP contribution in [0.25, 0.3) is 0 Å². The number of hydrogen-bond donors (Lipinski definition) is 1. The maximum atomic E-state index is 12.6. The number of benzene rings is 3. The van der Waals surface area contributed by atoms with Crippen LogP contribution in [0.15, 0.2) is 84.9 Å². The molecule has 3 aromatic rings. The lowest BCUT2D eigenvalue weighted by Crippen LogP contribution is -2.45. The predicted octanol–water partition coefficient (Wildman–Crippen LogP) is 4.50. The smallest absolute Gasteiger partial charge is 0.251 e. The zero-order chi connectivity index (χ0) is 20.8. The minimum atomic E-state index is -0.0330. The first-order valence-electron chi connectivity index (χ1n) is 10.7. The topological polar surface area (TPSA) is 35.6 Å². The lowest BCUT2D eigenvalue weighted by Gasteiger charge is -2.36. The van der Waals surface area contributed by atoms with Crippen molar-refractivity contribution in [3.05, 3.63) is 102 Å². The number of carbonyl (C=O) groups is 1. The Bertz CT molecular complexity index is 933. The molecule has 4 nitrogen and oxygen atoms in total. The molecule has 0 spiro atoms. The van der Waals surface area contributed by atoms with Gasteiger partial charge in [-0.05, 0) is 42.3 Å². The van der Waals surface area contributed by atoms with Crippen LogP contribution in [0.1, 0.15) is 34.5 Å². The quantitative estimate of drug-likeness (QED) is 0.663. The van der Waals surface area contributed by atoms with Gasteiger partial charge in [-0.3, -0.25) is 9.69 Å². The first kappa shape index (κ1) is 20.2. The van der Waals surface area contributed by atoms with Crippen LogP contribution in [-0.4, -0.2) is 37.0 Å². The van der Waals surface area contributed by atoms with Gasteiger partial charge in [-0.1, -0.05) is 60.7 Å². The second-order valence-corrected chi connectivity index (χ2v) is 7.90. The molecule has 1 atom stereocenters. The van der Waals surface area contributed by atoms with Crippen LogP contribution < -0.4 is 10.2 Å². The molecule has 1 fully saturated rings. The van der Waals surface area contributed by atoms with E-state index in [1.54, 1.807) is 0 Å². The predicted molar refractivity (Wildman–Crippen MR) is 123 cm³/mol. The molecule has 0 radical (unpaired) electrons.